The van der Waals surface area contributed by atoms with Crippen LogP contribution in [0.3, 0.4) is 0 Å². The summed E-state index contributed by atoms with van der Waals surface area (Å²) in [6.45, 7) is 1.27. The van der Waals surface area contributed by atoms with Gasteiger partial charge in [0.15, 0.2) is 5.60 Å². The summed E-state index contributed by atoms with van der Waals surface area (Å²) in [6.07, 6.45) is 1.73. The normalized spacial score (nSPS) is 14.8. The maximum Gasteiger partial charge on any atom is 0.337 e. The van der Waals surface area contributed by atoms with Gasteiger partial charge >= 0.3 is 5.97 Å². The zero-order chi connectivity index (χ0) is 12.6. The highest BCUT2D eigenvalue weighted by Gasteiger charge is 2.30. The fourth-order valence-electron chi connectivity index (χ4n) is 1.71. The highest BCUT2D eigenvalue weighted by Crippen LogP contribution is 2.22. The van der Waals surface area contributed by atoms with Crippen molar-refractivity contribution in [1.82, 2.24) is 4.57 Å². The predicted molar refractivity (Wildman–Crippen MR) is 65.2 cm³/mol. The molecule has 0 spiro atoms. The smallest absolute Gasteiger partial charge is 0.337 e. The van der Waals surface area contributed by atoms with Crippen LogP contribution in [-0.4, -0.2) is 26.4 Å². The number of halogens is 1. The monoisotopic (exact) mass is 253 g/mol. The molecule has 0 aliphatic heterocycles. The summed E-state index contributed by atoms with van der Waals surface area (Å²) in [5.74, 6) is -1.24. The molecule has 2 aromatic rings. The lowest BCUT2D eigenvalue weighted by Crippen LogP contribution is -2.39. The number of benzene rings is 1. The average molecular weight is 254 g/mol. The van der Waals surface area contributed by atoms with Gasteiger partial charge in [0.2, 0.25) is 0 Å². The summed E-state index contributed by atoms with van der Waals surface area (Å²) in [7, 11) is 0. The second kappa shape index (κ2) is 4.05. The van der Waals surface area contributed by atoms with E-state index in [4.69, 9.17) is 16.7 Å². The summed E-state index contributed by atoms with van der Waals surface area (Å²) in [4.78, 5) is 10.9. The summed E-state index contributed by atoms with van der Waals surface area (Å²) in [5.41, 5.74) is -0.943. The molecule has 0 aliphatic carbocycles. The van der Waals surface area contributed by atoms with Gasteiger partial charge in [-0.05, 0) is 31.2 Å². The lowest BCUT2D eigenvalue weighted by atomic mass is 10.1. The molecule has 0 bridgehead atoms. The molecule has 1 heterocycles. The molecule has 2 N–H and O–H groups in total. The van der Waals surface area contributed by atoms with E-state index in [1.807, 2.05) is 6.07 Å². The van der Waals surface area contributed by atoms with E-state index in [1.54, 1.807) is 29.0 Å². The van der Waals surface area contributed by atoms with E-state index in [2.05, 4.69) is 0 Å². The third-order valence-electron chi connectivity index (χ3n) is 2.67. The first-order valence-corrected chi connectivity index (χ1v) is 5.48. The number of nitrogens with zero attached hydrogens (tertiary/aromatic N) is 1. The minimum atomic E-state index is -1.79. The number of aliphatic hydroxyl groups is 1. The van der Waals surface area contributed by atoms with E-state index in [-0.39, 0.29) is 6.54 Å². The number of carbonyl (C=O) groups is 1. The Morgan fingerprint density at radius 3 is 2.82 bits per heavy atom. The number of aromatic nitrogens is 1. The summed E-state index contributed by atoms with van der Waals surface area (Å²) >= 11 is 5.86. The molecule has 0 fully saturated rings. The molecular weight excluding hydrogens is 242 g/mol. The lowest BCUT2D eigenvalue weighted by Gasteiger charge is -2.19. The van der Waals surface area contributed by atoms with Crippen LogP contribution in [0.25, 0.3) is 10.9 Å². The molecule has 17 heavy (non-hydrogen) atoms. The van der Waals surface area contributed by atoms with Crippen molar-refractivity contribution in [3.8, 4) is 0 Å². The van der Waals surface area contributed by atoms with E-state index in [1.165, 1.54) is 6.92 Å². The number of rotatable bonds is 3. The largest absolute Gasteiger partial charge is 0.479 e. The summed E-state index contributed by atoms with van der Waals surface area (Å²) < 4.78 is 1.69. The summed E-state index contributed by atoms with van der Waals surface area (Å²) in [5, 5.41) is 20.1. The molecular formula is C12H12ClNO3. The number of fused-ring (bicyclic) bond motifs is 1. The highest BCUT2D eigenvalue weighted by molar-refractivity contribution is 6.31. The van der Waals surface area contributed by atoms with Crippen molar-refractivity contribution < 1.29 is 15.0 Å². The predicted octanol–water partition coefficient (Wildman–Crippen LogP) is 2.13. The molecule has 4 nitrogen and oxygen atoms in total. The van der Waals surface area contributed by atoms with Crippen LogP contribution >= 0.6 is 11.6 Å². The standard InChI is InChI=1S/C12H12ClNO3/c1-12(17,11(15)16)7-14-5-4-8-6-9(13)2-3-10(8)14/h2-6,17H,7H2,1H3,(H,15,16). The third-order valence-corrected chi connectivity index (χ3v) is 2.91. The molecule has 1 atom stereocenters. The number of carboxylic acid groups (broad SMARTS) is 1. The Kier molecular flexibility index (Phi) is 2.85. The molecule has 5 heteroatoms. The highest BCUT2D eigenvalue weighted by atomic mass is 35.5. The van der Waals surface area contributed by atoms with Crippen LogP contribution in [0.4, 0.5) is 0 Å². The van der Waals surface area contributed by atoms with Crippen molar-refractivity contribution in [2.75, 3.05) is 0 Å². The third kappa shape index (κ3) is 2.28. The van der Waals surface area contributed by atoms with Crippen molar-refractivity contribution in [3.63, 3.8) is 0 Å². The van der Waals surface area contributed by atoms with Gasteiger partial charge in [0.05, 0.1) is 6.54 Å². The number of hydrogen-bond acceptors (Lipinski definition) is 2. The number of hydrogen-bond donors (Lipinski definition) is 2. The lowest BCUT2D eigenvalue weighted by molar-refractivity contribution is -0.157. The molecule has 0 saturated carbocycles. The van der Waals surface area contributed by atoms with Crippen molar-refractivity contribution >= 4 is 28.5 Å². The topological polar surface area (TPSA) is 62.5 Å². The fraction of sp³-hybridized carbons (Fsp3) is 0.250. The maximum atomic E-state index is 10.9. The van der Waals surface area contributed by atoms with Crippen LogP contribution in [0.15, 0.2) is 30.5 Å². The van der Waals surface area contributed by atoms with E-state index in [0.717, 1.165) is 10.9 Å². The first-order chi connectivity index (χ1) is 7.90. The van der Waals surface area contributed by atoms with Crippen molar-refractivity contribution in [2.24, 2.45) is 0 Å². The van der Waals surface area contributed by atoms with Crippen molar-refractivity contribution in [1.29, 1.82) is 0 Å². The van der Waals surface area contributed by atoms with Crippen LogP contribution < -0.4 is 0 Å². The van der Waals surface area contributed by atoms with Crippen LogP contribution in [-0.2, 0) is 11.3 Å². The molecule has 1 aromatic carbocycles. The number of carboxylic acids is 1. The Morgan fingerprint density at radius 2 is 2.18 bits per heavy atom. The van der Waals surface area contributed by atoms with Gasteiger partial charge < -0.3 is 14.8 Å². The molecule has 0 amide bonds. The van der Waals surface area contributed by atoms with Crippen LogP contribution in [0, 0.1) is 0 Å². The van der Waals surface area contributed by atoms with Gasteiger partial charge in [0, 0.05) is 22.1 Å². The Morgan fingerprint density at radius 1 is 1.47 bits per heavy atom. The molecule has 90 valence electrons. The zero-order valence-electron chi connectivity index (χ0n) is 9.22. The van der Waals surface area contributed by atoms with Crippen LogP contribution in [0.5, 0.6) is 0 Å². The van der Waals surface area contributed by atoms with Gasteiger partial charge in [-0.15, -0.1) is 0 Å². The molecule has 0 radical (unpaired) electrons. The SMILES string of the molecule is CC(O)(Cn1ccc2cc(Cl)ccc21)C(=O)O. The quantitative estimate of drug-likeness (QED) is 0.881. The van der Waals surface area contributed by atoms with Crippen LogP contribution in [0.1, 0.15) is 6.92 Å². The van der Waals surface area contributed by atoms with Crippen LogP contribution in [0.2, 0.25) is 5.02 Å². The van der Waals surface area contributed by atoms with Crippen molar-refractivity contribution in [2.45, 2.75) is 19.1 Å². The fourth-order valence-corrected chi connectivity index (χ4v) is 1.89. The Hall–Kier alpha value is -1.52. The number of aliphatic carboxylic acids is 1. The minimum Gasteiger partial charge on any atom is -0.479 e. The maximum absolute atomic E-state index is 10.9. The Balaban J connectivity index is 2.41. The molecule has 0 aliphatic rings. The van der Waals surface area contributed by atoms with Gasteiger partial charge in [0.1, 0.15) is 0 Å². The first-order valence-electron chi connectivity index (χ1n) is 5.10. The van der Waals surface area contributed by atoms with E-state index >= 15 is 0 Å². The molecule has 2 rings (SSSR count). The zero-order valence-corrected chi connectivity index (χ0v) is 9.98. The van der Waals surface area contributed by atoms with E-state index in [9.17, 15) is 9.90 Å². The first kappa shape index (κ1) is 12.0. The molecule has 1 unspecified atom stereocenters. The van der Waals surface area contributed by atoms with Gasteiger partial charge in [-0.25, -0.2) is 4.79 Å². The van der Waals surface area contributed by atoms with E-state index < -0.39 is 11.6 Å². The van der Waals surface area contributed by atoms with Gasteiger partial charge in [-0.2, -0.15) is 0 Å². The minimum absolute atomic E-state index is 0.00648. The average Bonchev–Trinajstić information content (AvgIpc) is 2.60. The van der Waals surface area contributed by atoms with E-state index in [0.29, 0.717) is 5.02 Å². The summed E-state index contributed by atoms with van der Waals surface area (Å²) in [6, 6.07) is 7.16. The molecule has 0 saturated heterocycles. The van der Waals surface area contributed by atoms with Crippen molar-refractivity contribution in [3.05, 3.63) is 35.5 Å². The van der Waals surface area contributed by atoms with Gasteiger partial charge in [0.25, 0.3) is 0 Å². The van der Waals surface area contributed by atoms with Gasteiger partial charge in [-0.3, -0.25) is 0 Å². The molecule has 1 aromatic heterocycles. The Labute approximate surface area is 103 Å². The second-order valence-electron chi connectivity index (χ2n) is 4.23. The second-order valence-corrected chi connectivity index (χ2v) is 4.66. The Bertz CT molecular complexity index is 574. The van der Waals surface area contributed by atoms with Gasteiger partial charge in [-0.1, -0.05) is 11.6 Å².